The molecule has 0 aliphatic carbocycles. The van der Waals surface area contributed by atoms with Crippen molar-refractivity contribution in [1.82, 2.24) is 0 Å². The van der Waals surface area contributed by atoms with E-state index in [1.165, 1.54) is 0 Å². The van der Waals surface area contributed by atoms with Gasteiger partial charge in [0.1, 0.15) is 0 Å². The predicted octanol–water partition coefficient (Wildman–Crippen LogP) is 2.30. The smallest absolute Gasteiger partial charge is 0.224 e. The number of carbonyl (C=O) groups excluding carboxylic acids is 1. The normalized spacial score (nSPS) is 9.50. The summed E-state index contributed by atoms with van der Waals surface area (Å²) in [4.78, 5) is 11.6. The molecule has 0 aromatic heterocycles. The second-order valence-corrected chi connectivity index (χ2v) is 4.03. The molecule has 0 aliphatic heterocycles. The van der Waals surface area contributed by atoms with E-state index in [1.54, 1.807) is 0 Å². The molecule has 0 spiro atoms. The van der Waals surface area contributed by atoms with Gasteiger partial charge in [-0.05, 0) is 36.6 Å². The van der Waals surface area contributed by atoms with Gasteiger partial charge in [0.2, 0.25) is 5.91 Å². The molecule has 3 nitrogen and oxygen atoms in total. The monoisotopic (exact) mass is 244 g/mol. The average Bonchev–Trinajstić information content (AvgIpc) is 2.37. The van der Waals surface area contributed by atoms with Crippen molar-refractivity contribution in [3.63, 3.8) is 0 Å². The van der Waals surface area contributed by atoms with Gasteiger partial charge in [-0.1, -0.05) is 25.7 Å². The van der Waals surface area contributed by atoms with Gasteiger partial charge < -0.3 is 11.1 Å². The van der Waals surface area contributed by atoms with Gasteiger partial charge in [-0.15, -0.1) is 0 Å². The number of anilines is 1. The molecule has 1 aromatic carbocycles. The molecule has 0 radical (unpaired) electrons. The minimum absolute atomic E-state index is 0.0630. The lowest BCUT2D eigenvalue weighted by Crippen LogP contribution is -2.12. The minimum Gasteiger partial charge on any atom is -0.326 e. The first kappa shape index (κ1) is 14.3. The van der Waals surface area contributed by atoms with Crippen molar-refractivity contribution >= 4 is 11.6 Å². The Bertz CT molecular complexity index is 469. The lowest BCUT2D eigenvalue weighted by molar-refractivity contribution is -0.116. The zero-order valence-electron chi connectivity index (χ0n) is 11.0. The highest BCUT2D eigenvalue weighted by atomic mass is 16.1. The van der Waals surface area contributed by atoms with E-state index in [0.717, 1.165) is 29.7 Å². The van der Waals surface area contributed by atoms with Crippen molar-refractivity contribution in [2.24, 2.45) is 5.73 Å². The van der Waals surface area contributed by atoms with E-state index in [0.29, 0.717) is 13.0 Å². The number of aryl methyl sites for hydroxylation is 1. The van der Waals surface area contributed by atoms with Crippen LogP contribution in [0.5, 0.6) is 0 Å². The molecule has 3 N–H and O–H groups in total. The summed E-state index contributed by atoms with van der Waals surface area (Å²) < 4.78 is 0. The first-order valence-corrected chi connectivity index (χ1v) is 6.33. The fourth-order valence-electron chi connectivity index (χ4n) is 1.68. The summed E-state index contributed by atoms with van der Waals surface area (Å²) in [6, 6.07) is 5.82. The van der Waals surface area contributed by atoms with Crippen LogP contribution < -0.4 is 11.1 Å². The van der Waals surface area contributed by atoms with Gasteiger partial charge in [0.05, 0.1) is 6.54 Å². The van der Waals surface area contributed by atoms with Crippen molar-refractivity contribution in [2.45, 2.75) is 33.1 Å². The van der Waals surface area contributed by atoms with E-state index in [9.17, 15) is 4.79 Å². The Morgan fingerprint density at radius 2 is 2.17 bits per heavy atom. The maximum Gasteiger partial charge on any atom is 0.224 e. The number of rotatable bonds is 4. The Balaban J connectivity index is 2.89. The molecular formula is C15H20N2O. The van der Waals surface area contributed by atoms with Crippen LogP contribution in [0.25, 0.3) is 0 Å². The lowest BCUT2D eigenvalue weighted by Gasteiger charge is -2.10. The number of nitrogens with two attached hydrogens (primary N) is 1. The highest BCUT2D eigenvalue weighted by Crippen LogP contribution is 2.18. The highest BCUT2D eigenvalue weighted by molar-refractivity contribution is 5.91. The summed E-state index contributed by atoms with van der Waals surface area (Å²) in [5.74, 6) is 5.89. The van der Waals surface area contributed by atoms with E-state index < -0.39 is 0 Å². The number of nitrogens with one attached hydrogen (secondary N) is 1. The van der Waals surface area contributed by atoms with Gasteiger partial charge in [0.15, 0.2) is 0 Å². The zero-order chi connectivity index (χ0) is 13.4. The van der Waals surface area contributed by atoms with Crippen molar-refractivity contribution in [1.29, 1.82) is 0 Å². The molecular weight excluding hydrogens is 224 g/mol. The highest BCUT2D eigenvalue weighted by Gasteiger charge is 2.05. The number of hydrogen-bond donors (Lipinski definition) is 2. The second-order valence-electron chi connectivity index (χ2n) is 4.03. The molecule has 0 fully saturated rings. The Kier molecular flexibility index (Phi) is 5.96. The van der Waals surface area contributed by atoms with Crippen molar-refractivity contribution < 1.29 is 4.79 Å². The molecule has 0 heterocycles. The van der Waals surface area contributed by atoms with Crippen LogP contribution in [0.1, 0.15) is 37.8 Å². The molecule has 0 saturated carbocycles. The summed E-state index contributed by atoms with van der Waals surface area (Å²) in [7, 11) is 0. The quantitative estimate of drug-likeness (QED) is 0.798. The van der Waals surface area contributed by atoms with Gasteiger partial charge >= 0.3 is 0 Å². The molecule has 0 unspecified atom stereocenters. The SMILES string of the molecule is CCCC(=O)Nc1ccc(C#CCN)cc1CC. The van der Waals surface area contributed by atoms with Crippen LogP contribution >= 0.6 is 0 Å². The third-order valence-electron chi connectivity index (χ3n) is 2.57. The molecule has 18 heavy (non-hydrogen) atoms. The van der Waals surface area contributed by atoms with Crippen molar-refractivity contribution in [2.75, 3.05) is 11.9 Å². The second kappa shape index (κ2) is 7.52. The third kappa shape index (κ3) is 4.23. The topological polar surface area (TPSA) is 55.1 Å². The Hall–Kier alpha value is -1.79. The fraction of sp³-hybridized carbons (Fsp3) is 0.400. The minimum atomic E-state index is 0.0630. The third-order valence-corrected chi connectivity index (χ3v) is 2.57. The van der Waals surface area contributed by atoms with E-state index in [-0.39, 0.29) is 5.91 Å². The summed E-state index contributed by atoms with van der Waals surface area (Å²) in [6.45, 7) is 4.41. The Morgan fingerprint density at radius 1 is 1.39 bits per heavy atom. The summed E-state index contributed by atoms with van der Waals surface area (Å²) in [5.41, 5.74) is 8.27. The van der Waals surface area contributed by atoms with Crippen molar-refractivity contribution in [3.8, 4) is 11.8 Å². The van der Waals surface area contributed by atoms with E-state index in [1.807, 2.05) is 25.1 Å². The Morgan fingerprint density at radius 3 is 2.78 bits per heavy atom. The predicted molar refractivity (Wildman–Crippen MR) is 75.3 cm³/mol. The summed E-state index contributed by atoms with van der Waals surface area (Å²) in [5, 5.41) is 2.93. The molecule has 0 aliphatic rings. The molecule has 3 heteroatoms. The first-order chi connectivity index (χ1) is 8.71. The largest absolute Gasteiger partial charge is 0.326 e. The first-order valence-electron chi connectivity index (χ1n) is 6.33. The van der Waals surface area contributed by atoms with Crippen LogP contribution in [0.3, 0.4) is 0 Å². The van der Waals surface area contributed by atoms with Crippen LogP contribution in [0.2, 0.25) is 0 Å². The molecule has 0 atom stereocenters. The Labute approximate surface area is 109 Å². The fourth-order valence-corrected chi connectivity index (χ4v) is 1.68. The van der Waals surface area contributed by atoms with Crippen LogP contribution in [-0.4, -0.2) is 12.5 Å². The van der Waals surface area contributed by atoms with Crippen LogP contribution in [0.4, 0.5) is 5.69 Å². The van der Waals surface area contributed by atoms with Crippen LogP contribution in [0.15, 0.2) is 18.2 Å². The maximum atomic E-state index is 11.6. The zero-order valence-corrected chi connectivity index (χ0v) is 11.0. The van der Waals surface area contributed by atoms with Gasteiger partial charge in [-0.3, -0.25) is 4.79 Å². The number of hydrogen-bond acceptors (Lipinski definition) is 2. The molecule has 0 bridgehead atoms. The van der Waals surface area contributed by atoms with Gasteiger partial charge in [0, 0.05) is 17.7 Å². The maximum absolute atomic E-state index is 11.6. The molecule has 96 valence electrons. The molecule has 1 aromatic rings. The van der Waals surface area contributed by atoms with E-state index >= 15 is 0 Å². The number of amides is 1. The van der Waals surface area contributed by atoms with Crippen LogP contribution in [-0.2, 0) is 11.2 Å². The molecule has 0 saturated heterocycles. The number of carbonyl (C=O) groups is 1. The van der Waals surface area contributed by atoms with Gasteiger partial charge in [-0.25, -0.2) is 0 Å². The van der Waals surface area contributed by atoms with Crippen LogP contribution in [0, 0.1) is 11.8 Å². The molecule has 1 amide bonds. The lowest BCUT2D eigenvalue weighted by atomic mass is 10.1. The average molecular weight is 244 g/mol. The standard InChI is InChI=1S/C15H20N2O/c1-3-6-15(18)17-14-9-8-12(7-5-10-16)11-13(14)4-2/h8-9,11H,3-4,6,10,16H2,1-2H3,(H,17,18). The van der Waals surface area contributed by atoms with E-state index in [4.69, 9.17) is 5.73 Å². The summed E-state index contributed by atoms with van der Waals surface area (Å²) in [6.07, 6.45) is 2.27. The van der Waals surface area contributed by atoms with Gasteiger partial charge in [-0.2, -0.15) is 0 Å². The number of benzene rings is 1. The van der Waals surface area contributed by atoms with Crippen molar-refractivity contribution in [3.05, 3.63) is 29.3 Å². The summed E-state index contributed by atoms with van der Waals surface area (Å²) >= 11 is 0. The van der Waals surface area contributed by atoms with E-state index in [2.05, 4.69) is 24.1 Å². The molecule has 1 rings (SSSR count). The van der Waals surface area contributed by atoms with Gasteiger partial charge in [0.25, 0.3) is 0 Å².